The molecule has 0 spiro atoms. The smallest absolute Gasteiger partial charge is 0.261 e. The molecule has 0 aliphatic carbocycles. The van der Waals surface area contributed by atoms with Gasteiger partial charge >= 0.3 is 0 Å². The van der Waals surface area contributed by atoms with Gasteiger partial charge in [-0.25, -0.2) is 21.6 Å². The van der Waals surface area contributed by atoms with Gasteiger partial charge in [0.15, 0.2) is 0 Å². The molecule has 0 radical (unpaired) electrons. The number of rotatable bonds is 9. The summed E-state index contributed by atoms with van der Waals surface area (Å²) in [6.45, 7) is 5.99. The van der Waals surface area contributed by atoms with Crippen molar-refractivity contribution >= 4 is 25.7 Å². The van der Waals surface area contributed by atoms with Crippen molar-refractivity contribution in [2.75, 3.05) is 18.4 Å². The lowest BCUT2D eigenvalue weighted by atomic mass is 10.0. The second kappa shape index (κ2) is 9.04. The van der Waals surface area contributed by atoms with Crippen LogP contribution in [-0.2, 0) is 24.8 Å². The third kappa shape index (κ3) is 5.78. The summed E-state index contributed by atoms with van der Waals surface area (Å²) in [6.07, 6.45) is 0. The van der Waals surface area contributed by atoms with E-state index < -0.39 is 20.0 Å². The number of hydrogen-bond acceptors (Lipinski definition) is 5. The van der Waals surface area contributed by atoms with Crippen molar-refractivity contribution in [1.82, 2.24) is 4.72 Å². The van der Waals surface area contributed by atoms with E-state index in [2.05, 4.69) is 9.44 Å². The van der Waals surface area contributed by atoms with Crippen LogP contribution >= 0.6 is 0 Å². The summed E-state index contributed by atoms with van der Waals surface area (Å²) >= 11 is 0. The van der Waals surface area contributed by atoms with Gasteiger partial charge in [-0.15, -0.1) is 0 Å². The molecule has 9 heteroatoms. The molecular formula is C19H26N2O5S2. The second-order valence-corrected chi connectivity index (χ2v) is 10.2. The zero-order chi connectivity index (χ0) is 20.9. The Kier molecular flexibility index (Phi) is 7.22. The molecule has 0 aromatic heterocycles. The number of methoxy groups -OCH3 is 1. The molecule has 0 bridgehead atoms. The summed E-state index contributed by atoms with van der Waals surface area (Å²) in [5.74, 6) is 0.305. The van der Waals surface area contributed by atoms with Gasteiger partial charge in [0.05, 0.1) is 16.4 Å². The molecule has 0 saturated carbocycles. The maximum absolute atomic E-state index is 12.5. The lowest BCUT2D eigenvalue weighted by Gasteiger charge is -2.14. The molecule has 2 aromatic carbocycles. The van der Waals surface area contributed by atoms with E-state index in [4.69, 9.17) is 4.74 Å². The monoisotopic (exact) mass is 426 g/mol. The Bertz CT molecular complexity index is 984. The van der Waals surface area contributed by atoms with E-state index >= 15 is 0 Å². The van der Waals surface area contributed by atoms with E-state index in [1.54, 1.807) is 31.2 Å². The lowest BCUT2D eigenvalue weighted by Crippen LogP contribution is -2.35. The zero-order valence-electron chi connectivity index (χ0n) is 16.3. The second-order valence-electron chi connectivity index (χ2n) is 6.83. The van der Waals surface area contributed by atoms with Crippen molar-refractivity contribution in [3.05, 3.63) is 54.1 Å². The molecule has 0 fully saturated rings. The topological polar surface area (TPSA) is 102 Å². The summed E-state index contributed by atoms with van der Waals surface area (Å²) in [4.78, 5) is 0.184. The van der Waals surface area contributed by atoms with Gasteiger partial charge in [-0.2, -0.15) is 0 Å². The minimum absolute atomic E-state index is 0.0414. The van der Waals surface area contributed by atoms with Gasteiger partial charge in [0.25, 0.3) is 10.0 Å². The van der Waals surface area contributed by atoms with Crippen LogP contribution in [0.2, 0.25) is 0 Å². The average Bonchev–Trinajstić information content (AvgIpc) is 2.61. The molecule has 0 aliphatic rings. The fourth-order valence-corrected chi connectivity index (χ4v) is 4.85. The van der Waals surface area contributed by atoms with E-state index in [9.17, 15) is 16.8 Å². The number of benzene rings is 2. The zero-order valence-corrected chi connectivity index (χ0v) is 18.0. The van der Waals surface area contributed by atoms with Crippen molar-refractivity contribution in [1.29, 1.82) is 0 Å². The minimum Gasteiger partial charge on any atom is -0.383 e. The molecule has 0 heterocycles. The van der Waals surface area contributed by atoms with Gasteiger partial charge in [0.1, 0.15) is 0 Å². The minimum atomic E-state index is -3.76. The number of nitrogens with one attached hydrogen (secondary N) is 2. The van der Waals surface area contributed by atoms with Gasteiger partial charge < -0.3 is 4.74 Å². The highest BCUT2D eigenvalue weighted by atomic mass is 32.2. The van der Waals surface area contributed by atoms with Crippen LogP contribution in [0.4, 0.5) is 5.69 Å². The van der Waals surface area contributed by atoms with Crippen LogP contribution in [-0.4, -0.2) is 36.6 Å². The number of hydrogen-bond donors (Lipinski definition) is 2. The van der Waals surface area contributed by atoms with Crippen LogP contribution in [0, 0.1) is 0 Å². The third-order valence-corrected chi connectivity index (χ3v) is 7.05. The summed E-state index contributed by atoms with van der Waals surface area (Å²) < 4.78 is 59.6. The fraction of sp³-hybridized carbons (Fsp3) is 0.368. The van der Waals surface area contributed by atoms with Crippen LogP contribution < -0.4 is 9.44 Å². The fourth-order valence-electron chi connectivity index (χ4n) is 2.57. The van der Waals surface area contributed by atoms with Crippen LogP contribution in [0.25, 0.3) is 0 Å². The van der Waals surface area contributed by atoms with Crippen molar-refractivity contribution < 1.29 is 21.6 Å². The number of sulfonamides is 2. The third-order valence-electron chi connectivity index (χ3n) is 4.05. The van der Waals surface area contributed by atoms with Gasteiger partial charge in [-0.05, 0) is 54.8 Å². The summed E-state index contributed by atoms with van der Waals surface area (Å²) in [5, 5.41) is 0. The molecule has 154 valence electrons. The Balaban J connectivity index is 2.15. The van der Waals surface area contributed by atoms with E-state index in [-0.39, 0.29) is 28.1 Å². The Morgan fingerprint density at radius 1 is 0.821 bits per heavy atom. The largest absolute Gasteiger partial charge is 0.383 e. The van der Waals surface area contributed by atoms with E-state index in [1.165, 1.54) is 31.4 Å². The average molecular weight is 427 g/mol. The first kappa shape index (κ1) is 22.4. The Hall–Kier alpha value is -1.94. The molecule has 2 rings (SSSR count). The Labute approximate surface area is 167 Å². The molecule has 7 nitrogen and oxygen atoms in total. The highest BCUT2D eigenvalue weighted by Gasteiger charge is 2.18. The van der Waals surface area contributed by atoms with Crippen LogP contribution in [0.1, 0.15) is 32.3 Å². The van der Waals surface area contributed by atoms with E-state index in [0.717, 1.165) is 5.56 Å². The first-order valence-corrected chi connectivity index (χ1v) is 11.8. The van der Waals surface area contributed by atoms with Crippen LogP contribution in [0.15, 0.2) is 58.3 Å². The van der Waals surface area contributed by atoms with E-state index in [1.807, 2.05) is 13.8 Å². The highest BCUT2D eigenvalue weighted by Crippen LogP contribution is 2.21. The predicted molar refractivity (Wildman–Crippen MR) is 109 cm³/mol. The van der Waals surface area contributed by atoms with Gasteiger partial charge in [-0.3, -0.25) is 4.72 Å². The van der Waals surface area contributed by atoms with Crippen LogP contribution in [0.3, 0.4) is 0 Å². The normalized spacial score (nSPS) is 13.5. The summed E-state index contributed by atoms with van der Waals surface area (Å²) in [6, 6.07) is 11.8. The highest BCUT2D eigenvalue weighted by molar-refractivity contribution is 7.92. The predicted octanol–water partition coefficient (Wildman–Crippen LogP) is 2.92. The Morgan fingerprint density at radius 3 is 1.82 bits per heavy atom. The molecule has 1 atom stereocenters. The van der Waals surface area contributed by atoms with Crippen molar-refractivity contribution in [3.8, 4) is 0 Å². The Morgan fingerprint density at radius 2 is 1.32 bits per heavy atom. The van der Waals surface area contributed by atoms with Gasteiger partial charge in [0.2, 0.25) is 10.0 Å². The van der Waals surface area contributed by atoms with Gasteiger partial charge in [0, 0.05) is 18.8 Å². The van der Waals surface area contributed by atoms with Crippen LogP contribution in [0.5, 0.6) is 0 Å². The molecular weight excluding hydrogens is 400 g/mol. The molecule has 0 saturated heterocycles. The van der Waals surface area contributed by atoms with Gasteiger partial charge in [-0.1, -0.05) is 26.0 Å². The summed E-state index contributed by atoms with van der Waals surface area (Å²) in [5.41, 5.74) is 1.32. The molecule has 1 unspecified atom stereocenters. The van der Waals surface area contributed by atoms with Crippen molar-refractivity contribution in [2.24, 2.45) is 0 Å². The molecule has 2 aromatic rings. The molecule has 28 heavy (non-hydrogen) atoms. The lowest BCUT2D eigenvalue weighted by molar-refractivity contribution is 0.180. The number of ether oxygens (including phenoxy) is 1. The van der Waals surface area contributed by atoms with E-state index in [0.29, 0.717) is 5.92 Å². The first-order chi connectivity index (χ1) is 13.0. The number of anilines is 1. The molecule has 0 amide bonds. The molecule has 2 N–H and O–H groups in total. The SMILES string of the molecule is COCC(C)NS(=O)(=O)c1ccc(NS(=O)(=O)c2ccc(C(C)C)cc2)cc1. The standard InChI is InChI=1S/C19H26N2O5S2/c1-14(2)16-5-9-18(10-6-16)28(24,25)21-17-7-11-19(12-8-17)27(22,23)20-15(3)13-26-4/h5-12,14-15,20-21H,13H2,1-4H3. The molecule has 0 aliphatic heterocycles. The maximum atomic E-state index is 12.5. The quantitative estimate of drug-likeness (QED) is 0.642. The maximum Gasteiger partial charge on any atom is 0.261 e. The summed E-state index contributed by atoms with van der Waals surface area (Å²) in [7, 11) is -5.99. The first-order valence-electron chi connectivity index (χ1n) is 8.79. The van der Waals surface area contributed by atoms with Crippen molar-refractivity contribution in [3.63, 3.8) is 0 Å². The van der Waals surface area contributed by atoms with Crippen molar-refractivity contribution in [2.45, 2.75) is 42.5 Å².